The van der Waals surface area contributed by atoms with E-state index in [2.05, 4.69) is 24.0 Å². The fraction of sp³-hybridized carbons (Fsp3) is 0.556. The molecular weight excluding hydrogens is 232 g/mol. The van der Waals surface area contributed by atoms with Gasteiger partial charge in [0, 0.05) is 0 Å². The van der Waals surface area contributed by atoms with Crippen molar-refractivity contribution in [3.63, 3.8) is 0 Å². The van der Waals surface area contributed by atoms with Gasteiger partial charge in [-0.05, 0) is 20.8 Å². The lowest BCUT2D eigenvalue weighted by atomic mass is 10.6. The van der Waals surface area contributed by atoms with Crippen molar-refractivity contribution in [1.29, 1.82) is 0 Å². The smallest absolute Gasteiger partial charge is 0.243 e. The highest BCUT2D eigenvalue weighted by atomic mass is 79.9. The predicted molar refractivity (Wildman–Crippen MR) is 47.6 cm³/mol. The molecular formula is C9H17BrN2O. The maximum Gasteiger partial charge on any atom is 0.243 e. The molecule has 76 valence electrons. The minimum absolute atomic E-state index is 0. The molecule has 0 bridgehead atoms. The van der Waals surface area contributed by atoms with Crippen LogP contribution in [-0.2, 0) is 18.4 Å². The van der Waals surface area contributed by atoms with Gasteiger partial charge in [-0.2, -0.15) is 0 Å². The molecule has 0 aliphatic heterocycles. The monoisotopic (exact) mass is 248 g/mol. The van der Waals surface area contributed by atoms with E-state index in [0.717, 1.165) is 6.54 Å². The molecule has 13 heavy (non-hydrogen) atoms. The van der Waals surface area contributed by atoms with Gasteiger partial charge in [0.15, 0.2) is 0 Å². The number of carbonyl (C=O) groups excluding carboxylic acids is 1. The molecule has 0 spiro atoms. The Hall–Kier alpha value is -0.640. The molecule has 0 aliphatic carbocycles. The number of imidazole rings is 1. The molecule has 1 rings (SSSR count). The van der Waals surface area contributed by atoms with Gasteiger partial charge in [-0.3, -0.25) is 0 Å². The number of carbonyl (C=O) groups is 1. The van der Waals surface area contributed by atoms with Gasteiger partial charge < -0.3 is 21.8 Å². The zero-order valence-electron chi connectivity index (χ0n) is 8.62. The van der Waals surface area contributed by atoms with Crippen LogP contribution in [0.15, 0.2) is 18.7 Å². The molecule has 0 fully saturated rings. The largest absolute Gasteiger partial charge is 1.00 e. The fourth-order valence-electron chi connectivity index (χ4n) is 0.689. The number of ketones is 1. The number of aryl methyl sites for hydroxylation is 2. The van der Waals surface area contributed by atoms with Gasteiger partial charge in [-0.15, -0.1) is 0 Å². The van der Waals surface area contributed by atoms with Crippen molar-refractivity contribution < 1.29 is 26.3 Å². The first-order valence-corrected chi connectivity index (χ1v) is 4.04. The van der Waals surface area contributed by atoms with Crippen molar-refractivity contribution in [3.8, 4) is 0 Å². The quantitative estimate of drug-likeness (QED) is 0.525. The van der Waals surface area contributed by atoms with Crippen LogP contribution in [0.1, 0.15) is 20.8 Å². The molecule has 0 amide bonds. The van der Waals surface area contributed by atoms with E-state index in [4.69, 9.17) is 0 Å². The molecule has 1 aromatic heterocycles. The molecule has 1 aromatic rings. The normalized spacial score (nSPS) is 8.00. The summed E-state index contributed by atoms with van der Waals surface area (Å²) in [5, 5.41) is 0. The van der Waals surface area contributed by atoms with Gasteiger partial charge in [-0.1, -0.05) is 0 Å². The van der Waals surface area contributed by atoms with Crippen LogP contribution >= 0.6 is 0 Å². The van der Waals surface area contributed by atoms with Crippen molar-refractivity contribution in [1.82, 2.24) is 4.57 Å². The summed E-state index contributed by atoms with van der Waals surface area (Å²) in [6.45, 7) is 6.24. The SMILES string of the molecule is CC(C)=O.CC[n+]1ccn(C)c1.[Br-]. The molecule has 0 aliphatic rings. The van der Waals surface area contributed by atoms with Crippen LogP contribution < -0.4 is 21.5 Å². The van der Waals surface area contributed by atoms with E-state index < -0.39 is 0 Å². The summed E-state index contributed by atoms with van der Waals surface area (Å²) >= 11 is 0. The van der Waals surface area contributed by atoms with E-state index in [9.17, 15) is 4.79 Å². The second-order valence-electron chi connectivity index (χ2n) is 2.82. The van der Waals surface area contributed by atoms with Gasteiger partial charge in [-0.25, -0.2) is 9.13 Å². The fourth-order valence-corrected chi connectivity index (χ4v) is 0.689. The number of Topliss-reactive ketones (excluding diaryl/α,β-unsaturated/α-hetero) is 1. The van der Waals surface area contributed by atoms with E-state index in [1.54, 1.807) is 0 Å². The number of halogens is 1. The van der Waals surface area contributed by atoms with E-state index in [1.807, 2.05) is 17.8 Å². The molecule has 4 heteroatoms. The van der Waals surface area contributed by atoms with Gasteiger partial charge in [0.2, 0.25) is 6.33 Å². The van der Waals surface area contributed by atoms with Crippen LogP contribution in [0.25, 0.3) is 0 Å². The van der Waals surface area contributed by atoms with E-state index in [-0.39, 0.29) is 22.8 Å². The average Bonchev–Trinajstić information content (AvgIpc) is 2.34. The van der Waals surface area contributed by atoms with Crippen molar-refractivity contribution >= 4 is 5.78 Å². The Morgan fingerprint density at radius 3 is 2.08 bits per heavy atom. The maximum absolute atomic E-state index is 9.44. The number of aromatic nitrogens is 2. The summed E-state index contributed by atoms with van der Waals surface area (Å²) in [6.07, 6.45) is 6.14. The summed E-state index contributed by atoms with van der Waals surface area (Å²) in [6, 6.07) is 0. The minimum Gasteiger partial charge on any atom is -1.00 e. The van der Waals surface area contributed by atoms with Crippen molar-refractivity contribution in [2.45, 2.75) is 27.3 Å². The number of nitrogens with zero attached hydrogens (tertiary/aromatic N) is 2. The van der Waals surface area contributed by atoms with E-state index in [0.29, 0.717) is 0 Å². The predicted octanol–water partition coefficient (Wildman–Crippen LogP) is -2.07. The van der Waals surface area contributed by atoms with Crippen LogP contribution in [0.4, 0.5) is 0 Å². The lowest BCUT2D eigenvalue weighted by Gasteiger charge is -1.81. The molecule has 0 unspecified atom stereocenters. The van der Waals surface area contributed by atoms with Crippen LogP contribution in [-0.4, -0.2) is 10.4 Å². The molecule has 3 nitrogen and oxygen atoms in total. The Morgan fingerprint density at radius 1 is 1.46 bits per heavy atom. The summed E-state index contributed by atoms with van der Waals surface area (Å²) in [4.78, 5) is 9.44. The van der Waals surface area contributed by atoms with Gasteiger partial charge in [0.1, 0.15) is 18.2 Å². The summed E-state index contributed by atoms with van der Waals surface area (Å²) in [5.41, 5.74) is 0. The van der Waals surface area contributed by atoms with Crippen LogP contribution in [0.2, 0.25) is 0 Å². The second-order valence-corrected chi connectivity index (χ2v) is 2.82. The Morgan fingerprint density at radius 2 is 1.92 bits per heavy atom. The average molecular weight is 249 g/mol. The maximum atomic E-state index is 9.44. The highest BCUT2D eigenvalue weighted by Crippen LogP contribution is 1.74. The lowest BCUT2D eigenvalue weighted by molar-refractivity contribution is -0.693. The van der Waals surface area contributed by atoms with Crippen molar-refractivity contribution in [2.75, 3.05) is 0 Å². The van der Waals surface area contributed by atoms with Crippen molar-refractivity contribution in [3.05, 3.63) is 18.7 Å². The first-order chi connectivity index (χ1) is 5.56. The van der Waals surface area contributed by atoms with Crippen molar-refractivity contribution in [2.24, 2.45) is 7.05 Å². The van der Waals surface area contributed by atoms with Crippen LogP contribution in [0.5, 0.6) is 0 Å². The minimum atomic E-state index is 0. The van der Waals surface area contributed by atoms with E-state index >= 15 is 0 Å². The third-order valence-electron chi connectivity index (χ3n) is 1.19. The first kappa shape index (κ1) is 14.9. The van der Waals surface area contributed by atoms with Gasteiger partial charge in [0.25, 0.3) is 0 Å². The summed E-state index contributed by atoms with van der Waals surface area (Å²) in [5.74, 6) is 0.167. The topological polar surface area (TPSA) is 25.9 Å². The van der Waals surface area contributed by atoms with Crippen LogP contribution in [0.3, 0.4) is 0 Å². The van der Waals surface area contributed by atoms with Crippen LogP contribution in [0, 0.1) is 0 Å². The highest BCUT2D eigenvalue weighted by molar-refractivity contribution is 5.72. The Kier molecular flexibility index (Phi) is 9.12. The zero-order valence-corrected chi connectivity index (χ0v) is 10.2. The number of hydrogen-bond donors (Lipinski definition) is 0. The molecule has 0 aromatic carbocycles. The summed E-state index contributed by atoms with van der Waals surface area (Å²) in [7, 11) is 2.02. The second kappa shape index (κ2) is 7.98. The first-order valence-electron chi connectivity index (χ1n) is 4.04. The molecule has 0 N–H and O–H groups in total. The highest BCUT2D eigenvalue weighted by Gasteiger charge is 1.92. The molecule has 0 saturated heterocycles. The summed E-state index contributed by atoms with van der Waals surface area (Å²) < 4.78 is 4.16. The van der Waals surface area contributed by atoms with Gasteiger partial charge >= 0.3 is 0 Å². The number of rotatable bonds is 1. The zero-order chi connectivity index (χ0) is 9.56. The standard InChI is InChI=1S/C6H11N2.C3H6O.BrH/c1-3-8-5-4-7(2)6-8;1-3(2)4;/h4-6H,3H2,1-2H3;1-2H3;1H/q+1;;/p-1. The molecule has 0 atom stereocenters. The van der Waals surface area contributed by atoms with E-state index in [1.165, 1.54) is 13.8 Å². The molecule has 0 radical (unpaired) electrons. The third-order valence-corrected chi connectivity index (χ3v) is 1.19. The Balaban J connectivity index is 0. The Bertz CT molecular complexity index is 242. The van der Waals surface area contributed by atoms with Gasteiger partial charge in [0.05, 0.1) is 13.6 Å². The Labute approximate surface area is 90.1 Å². The lowest BCUT2D eigenvalue weighted by Crippen LogP contribution is -3.00. The third kappa shape index (κ3) is 9.27. The number of hydrogen-bond acceptors (Lipinski definition) is 1. The molecule has 0 saturated carbocycles. The molecule has 1 heterocycles.